The molecular formula is C11H23N3. The lowest BCUT2D eigenvalue weighted by atomic mass is 9.84. The monoisotopic (exact) mass is 197 g/mol. The SMILES string of the molecule is CN1CCN(C2CC(N(C)C)C2)CC1. The molecule has 1 heterocycles. The molecule has 82 valence electrons. The molecule has 0 radical (unpaired) electrons. The van der Waals surface area contributed by atoms with Crippen LogP contribution in [0, 0.1) is 0 Å². The normalized spacial score (nSPS) is 36.0. The van der Waals surface area contributed by atoms with Crippen molar-refractivity contribution in [3.05, 3.63) is 0 Å². The summed E-state index contributed by atoms with van der Waals surface area (Å²) in [6.45, 7) is 5.06. The molecule has 0 N–H and O–H groups in total. The van der Waals surface area contributed by atoms with E-state index in [9.17, 15) is 0 Å². The lowest BCUT2D eigenvalue weighted by Crippen LogP contribution is -2.56. The first-order valence-corrected chi connectivity index (χ1v) is 5.76. The number of nitrogens with zero attached hydrogens (tertiary/aromatic N) is 3. The van der Waals surface area contributed by atoms with Gasteiger partial charge in [-0.05, 0) is 34.0 Å². The Kier molecular flexibility index (Phi) is 3.10. The molecule has 0 amide bonds. The molecule has 14 heavy (non-hydrogen) atoms. The standard InChI is InChI=1S/C11H23N3/c1-12(2)10-8-11(9-10)14-6-4-13(3)5-7-14/h10-11H,4-9H2,1-3H3. The summed E-state index contributed by atoms with van der Waals surface area (Å²) in [5.41, 5.74) is 0. The number of piperazine rings is 1. The van der Waals surface area contributed by atoms with Crippen molar-refractivity contribution in [2.24, 2.45) is 0 Å². The van der Waals surface area contributed by atoms with E-state index in [0.717, 1.165) is 12.1 Å². The van der Waals surface area contributed by atoms with Gasteiger partial charge in [0.05, 0.1) is 0 Å². The van der Waals surface area contributed by atoms with E-state index in [0.29, 0.717) is 0 Å². The topological polar surface area (TPSA) is 9.72 Å². The van der Waals surface area contributed by atoms with Gasteiger partial charge in [-0.3, -0.25) is 4.90 Å². The maximum atomic E-state index is 2.68. The van der Waals surface area contributed by atoms with Gasteiger partial charge in [0.15, 0.2) is 0 Å². The van der Waals surface area contributed by atoms with Crippen LogP contribution in [0.2, 0.25) is 0 Å². The van der Waals surface area contributed by atoms with Gasteiger partial charge in [-0.15, -0.1) is 0 Å². The van der Waals surface area contributed by atoms with Crippen LogP contribution in [0.3, 0.4) is 0 Å². The Morgan fingerprint density at radius 3 is 2.07 bits per heavy atom. The van der Waals surface area contributed by atoms with Crippen LogP contribution in [-0.2, 0) is 0 Å². The van der Waals surface area contributed by atoms with Crippen molar-refractivity contribution >= 4 is 0 Å². The summed E-state index contributed by atoms with van der Waals surface area (Å²) >= 11 is 0. The molecule has 0 aromatic heterocycles. The molecule has 0 aromatic carbocycles. The summed E-state index contributed by atoms with van der Waals surface area (Å²) < 4.78 is 0. The Labute approximate surface area is 87.7 Å². The van der Waals surface area contributed by atoms with Crippen molar-refractivity contribution in [1.29, 1.82) is 0 Å². The van der Waals surface area contributed by atoms with E-state index in [2.05, 4.69) is 35.8 Å². The number of hydrogen-bond acceptors (Lipinski definition) is 3. The molecule has 0 bridgehead atoms. The van der Waals surface area contributed by atoms with Gasteiger partial charge in [-0.1, -0.05) is 0 Å². The fraction of sp³-hybridized carbons (Fsp3) is 1.00. The molecule has 2 rings (SSSR count). The molecular weight excluding hydrogens is 174 g/mol. The number of hydrogen-bond donors (Lipinski definition) is 0. The second-order valence-corrected chi connectivity index (χ2v) is 5.08. The van der Waals surface area contributed by atoms with Crippen molar-refractivity contribution in [1.82, 2.24) is 14.7 Å². The van der Waals surface area contributed by atoms with Crippen molar-refractivity contribution in [3.63, 3.8) is 0 Å². The third-order valence-corrected chi connectivity index (χ3v) is 3.87. The minimum Gasteiger partial charge on any atom is -0.306 e. The Hall–Kier alpha value is -0.120. The maximum Gasteiger partial charge on any atom is 0.0126 e. The molecule has 2 fully saturated rings. The zero-order chi connectivity index (χ0) is 10.1. The summed E-state index contributed by atoms with van der Waals surface area (Å²) in [5.74, 6) is 0. The van der Waals surface area contributed by atoms with Crippen molar-refractivity contribution < 1.29 is 0 Å². The van der Waals surface area contributed by atoms with Gasteiger partial charge in [-0.25, -0.2) is 0 Å². The van der Waals surface area contributed by atoms with Gasteiger partial charge in [0, 0.05) is 38.3 Å². The van der Waals surface area contributed by atoms with Crippen LogP contribution in [0.5, 0.6) is 0 Å². The van der Waals surface area contributed by atoms with Crippen molar-refractivity contribution in [2.45, 2.75) is 24.9 Å². The largest absolute Gasteiger partial charge is 0.306 e. The predicted octanol–water partition coefficient (Wildman–Crippen LogP) is 0.326. The zero-order valence-electron chi connectivity index (χ0n) is 9.74. The van der Waals surface area contributed by atoms with Crippen LogP contribution in [0.4, 0.5) is 0 Å². The Bertz CT molecular complexity index is 179. The molecule has 3 nitrogen and oxygen atoms in total. The van der Waals surface area contributed by atoms with E-state index in [1.54, 1.807) is 0 Å². The second-order valence-electron chi connectivity index (χ2n) is 5.08. The average Bonchev–Trinajstić information content (AvgIpc) is 2.05. The maximum absolute atomic E-state index is 2.68. The van der Waals surface area contributed by atoms with E-state index in [-0.39, 0.29) is 0 Å². The van der Waals surface area contributed by atoms with E-state index in [4.69, 9.17) is 0 Å². The smallest absolute Gasteiger partial charge is 0.0126 e. The first-order chi connectivity index (χ1) is 6.66. The van der Waals surface area contributed by atoms with E-state index < -0.39 is 0 Å². The third kappa shape index (κ3) is 2.10. The summed E-state index contributed by atoms with van der Waals surface area (Å²) in [6, 6.07) is 1.73. The highest BCUT2D eigenvalue weighted by Crippen LogP contribution is 2.29. The van der Waals surface area contributed by atoms with Gasteiger partial charge >= 0.3 is 0 Å². The van der Waals surface area contributed by atoms with E-state index in [1.165, 1.54) is 39.0 Å². The van der Waals surface area contributed by atoms with E-state index >= 15 is 0 Å². The highest BCUT2D eigenvalue weighted by molar-refractivity contribution is 4.92. The summed E-state index contributed by atoms with van der Waals surface area (Å²) in [4.78, 5) is 7.48. The van der Waals surface area contributed by atoms with E-state index in [1.807, 2.05) is 0 Å². The fourth-order valence-electron chi connectivity index (χ4n) is 2.47. The second kappa shape index (κ2) is 4.17. The molecule has 2 aliphatic rings. The quantitative estimate of drug-likeness (QED) is 0.631. The zero-order valence-corrected chi connectivity index (χ0v) is 9.74. The minimum absolute atomic E-state index is 0.847. The molecule has 1 aliphatic carbocycles. The first kappa shape index (κ1) is 10.4. The molecule has 0 aromatic rings. The van der Waals surface area contributed by atoms with Crippen LogP contribution < -0.4 is 0 Å². The third-order valence-electron chi connectivity index (χ3n) is 3.87. The van der Waals surface area contributed by atoms with Gasteiger partial charge in [-0.2, -0.15) is 0 Å². The van der Waals surface area contributed by atoms with Crippen LogP contribution in [0.15, 0.2) is 0 Å². The Balaban J connectivity index is 1.72. The Morgan fingerprint density at radius 1 is 1.00 bits per heavy atom. The van der Waals surface area contributed by atoms with Crippen LogP contribution in [0.1, 0.15) is 12.8 Å². The lowest BCUT2D eigenvalue weighted by Gasteiger charge is -2.47. The van der Waals surface area contributed by atoms with Gasteiger partial charge in [0.1, 0.15) is 0 Å². The van der Waals surface area contributed by atoms with Crippen LogP contribution in [-0.4, -0.2) is 74.1 Å². The molecule has 0 unspecified atom stereocenters. The van der Waals surface area contributed by atoms with Crippen LogP contribution >= 0.6 is 0 Å². The predicted molar refractivity (Wildman–Crippen MR) is 59.6 cm³/mol. The average molecular weight is 197 g/mol. The number of likely N-dealkylation sites (N-methyl/N-ethyl adjacent to an activating group) is 1. The molecule has 1 saturated carbocycles. The molecule has 0 spiro atoms. The number of rotatable bonds is 2. The molecule has 3 heteroatoms. The van der Waals surface area contributed by atoms with Crippen molar-refractivity contribution in [2.75, 3.05) is 47.3 Å². The van der Waals surface area contributed by atoms with Gasteiger partial charge < -0.3 is 9.80 Å². The first-order valence-electron chi connectivity index (χ1n) is 5.76. The fourth-order valence-corrected chi connectivity index (χ4v) is 2.47. The highest BCUT2D eigenvalue weighted by Gasteiger charge is 2.35. The highest BCUT2D eigenvalue weighted by atomic mass is 15.3. The Morgan fingerprint density at radius 2 is 1.57 bits per heavy atom. The van der Waals surface area contributed by atoms with Gasteiger partial charge in [0.25, 0.3) is 0 Å². The lowest BCUT2D eigenvalue weighted by molar-refractivity contribution is 0.0249. The summed E-state index contributed by atoms with van der Waals surface area (Å²) in [5, 5.41) is 0. The summed E-state index contributed by atoms with van der Waals surface area (Å²) in [6.07, 6.45) is 2.77. The molecule has 1 aliphatic heterocycles. The molecule has 1 saturated heterocycles. The van der Waals surface area contributed by atoms with Gasteiger partial charge in [0.2, 0.25) is 0 Å². The summed E-state index contributed by atoms with van der Waals surface area (Å²) in [7, 11) is 6.62. The molecule has 0 atom stereocenters. The van der Waals surface area contributed by atoms with Crippen molar-refractivity contribution in [3.8, 4) is 0 Å². The van der Waals surface area contributed by atoms with Crippen LogP contribution in [0.25, 0.3) is 0 Å². The minimum atomic E-state index is 0.847.